The van der Waals surface area contributed by atoms with Crippen LogP contribution in [-0.4, -0.2) is 41.1 Å². The van der Waals surface area contributed by atoms with Crippen molar-refractivity contribution < 1.29 is 9.47 Å². The van der Waals surface area contributed by atoms with Crippen LogP contribution in [0.15, 0.2) is 23.2 Å². The van der Waals surface area contributed by atoms with E-state index in [0.717, 1.165) is 67.0 Å². The summed E-state index contributed by atoms with van der Waals surface area (Å²) in [7, 11) is 1.79. The lowest BCUT2D eigenvalue weighted by Gasteiger charge is -2.12. The van der Waals surface area contributed by atoms with Crippen LogP contribution in [0.3, 0.4) is 0 Å². The summed E-state index contributed by atoms with van der Waals surface area (Å²) in [6.07, 6.45) is 6.72. The zero-order valence-electron chi connectivity index (χ0n) is 16.8. The van der Waals surface area contributed by atoms with Crippen molar-refractivity contribution in [3.05, 3.63) is 35.4 Å². The van der Waals surface area contributed by atoms with Crippen LogP contribution in [0.2, 0.25) is 0 Å². The first-order valence-corrected chi connectivity index (χ1v) is 10.1. The Morgan fingerprint density at radius 1 is 1.14 bits per heavy atom. The van der Waals surface area contributed by atoms with E-state index in [1.807, 2.05) is 18.2 Å². The van der Waals surface area contributed by atoms with Crippen molar-refractivity contribution in [2.75, 3.05) is 20.4 Å². The van der Waals surface area contributed by atoms with Gasteiger partial charge in [-0.2, -0.15) is 0 Å². The van der Waals surface area contributed by atoms with Gasteiger partial charge in [0, 0.05) is 39.5 Å². The van der Waals surface area contributed by atoms with E-state index in [0.29, 0.717) is 13.3 Å². The van der Waals surface area contributed by atoms with E-state index in [-0.39, 0.29) is 24.0 Å². The van der Waals surface area contributed by atoms with Crippen LogP contribution >= 0.6 is 24.0 Å². The third-order valence-corrected chi connectivity index (χ3v) is 5.18. The fourth-order valence-electron chi connectivity index (χ4n) is 3.64. The van der Waals surface area contributed by atoms with Gasteiger partial charge in [0.25, 0.3) is 0 Å². The summed E-state index contributed by atoms with van der Waals surface area (Å²) in [6.45, 7) is 2.87. The molecule has 29 heavy (non-hydrogen) atoms. The number of benzene rings is 1. The largest absolute Gasteiger partial charge is 0.454 e. The molecule has 0 bridgehead atoms. The van der Waals surface area contributed by atoms with Gasteiger partial charge in [0.2, 0.25) is 6.79 Å². The van der Waals surface area contributed by atoms with Crippen molar-refractivity contribution in [1.29, 1.82) is 0 Å². The fraction of sp³-hybridized carbons (Fsp3) is 0.550. The fourth-order valence-corrected chi connectivity index (χ4v) is 3.64. The number of halogens is 1. The molecule has 2 N–H and O–H groups in total. The van der Waals surface area contributed by atoms with Gasteiger partial charge < -0.3 is 24.7 Å². The van der Waals surface area contributed by atoms with Crippen LogP contribution in [0.5, 0.6) is 11.5 Å². The van der Waals surface area contributed by atoms with Crippen molar-refractivity contribution in [2.24, 2.45) is 4.99 Å². The van der Waals surface area contributed by atoms with Gasteiger partial charge >= 0.3 is 0 Å². The van der Waals surface area contributed by atoms with Crippen LogP contribution in [0.4, 0.5) is 0 Å². The molecule has 0 saturated carbocycles. The molecule has 3 heterocycles. The Bertz CT molecular complexity index is 838. The van der Waals surface area contributed by atoms with Crippen LogP contribution < -0.4 is 20.1 Å². The molecule has 158 valence electrons. The Morgan fingerprint density at radius 3 is 2.93 bits per heavy atom. The third-order valence-electron chi connectivity index (χ3n) is 5.18. The maximum Gasteiger partial charge on any atom is 0.231 e. The summed E-state index contributed by atoms with van der Waals surface area (Å²) >= 11 is 0. The molecule has 9 heteroatoms. The third kappa shape index (κ3) is 5.52. The summed E-state index contributed by atoms with van der Waals surface area (Å²) in [5, 5.41) is 15.5. The number of ether oxygens (including phenoxy) is 2. The van der Waals surface area contributed by atoms with Crippen LogP contribution in [0, 0.1) is 0 Å². The number of rotatable bonds is 6. The number of aryl methyl sites for hydroxylation is 2. The molecule has 0 atom stereocenters. The lowest BCUT2D eigenvalue weighted by atomic mass is 10.2. The molecule has 0 saturated heterocycles. The number of nitrogens with one attached hydrogen (secondary N) is 2. The summed E-state index contributed by atoms with van der Waals surface area (Å²) in [5.74, 6) is 4.66. The molecule has 2 aliphatic heterocycles. The molecule has 0 radical (unpaired) electrons. The van der Waals surface area contributed by atoms with E-state index in [1.165, 1.54) is 19.3 Å². The molecule has 8 nitrogen and oxygen atoms in total. The molecule has 0 aliphatic carbocycles. The normalized spacial score (nSPS) is 15.3. The second-order valence-corrected chi connectivity index (χ2v) is 7.14. The molecule has 2 aliphatic rings. The highest BCUT2D eigenvalue weighted by atomic mass is 127. The second-order valence-electron chi connectivity index (χ2n) is 7.14. The van der Waals surface area contributed by atoms with E-state index in [2.05, 4.69) is 30.4 Å². The van der Waals surface area contributed by atoms with Gasteiger partial charge in [0.15, 0.2) is 17.5 Å². The average molecular weight is 512 g/mol. The van der Waals surface area contributed by atoms with E-state index >= 15 is 0 Å². The maximum absolute atomic E-state index is 5.43. The van der Waals surface area contributed by atoms with Crippen LogP contribution in [0.1, 0.15) is 42.9 Å². The summed E-state index contributed by atoms with van der Waals surface area (Å²) in [5.41, 5.74) is 1.12. The average Bonchev–Trinajstić information content (AvgIpc) is 3.27. The number of fused-ring (bicyclic) bond motifs is 2. The first kappa shape index (κ1) is 21.7. The monoisotopic (exact) mass is 512 g/mol. The first-order chi connectivity index (χ1) is 13.8. The van der Waals surface area contributed by atoms with Gasteiger partial charge in [-0.1, -0.05) is 12.5 Å². The maximum atomic E-state index is 5.43. The Kier molecular flexibility index (Phi) is 7.96. The summed E-state index contributed by atoms with van der Waals surface area (Å²) < 4.78 is 13.1. The number of hydrogen-bond acceptors (Lipinski definition) is 5. The van der Waals surface area contributed by atoms with Crippen LogP contribution in [-0.2, 0) is 25.9 Å². The lowest BCUT2D eigenvalue weighted by Crippen LogP contribution is -2.37. The summed E-state index contributed by atoms with van der Waals surface area (Å²) in [4.78, 5) is 4.30. The standard InChI is InChI=1S/C20H28N6O2.HI/c1-21-20(23-13-15-8-9-16-17(12-15)28-14-27-16)22-10-5-7-19-25-24-18-6-3-2-4-11-26(18)19;/h8-9,12H,2-7,10-11,13-14H2,1H3,(H2,21,22,23);1H. The van der Waals surface area contributed by atoms with Gasteiger partial charge in [-0.3, -0.25) is 4.99 Å². The molecule has 0 spiro atoms. The molecule has 0 unspecified atom stereocenters. The van der Waals surface area contributed by atoms with Gasteiger partial charge in [-0.15, -0.1) is 34.2 Å². The molecule has 0 fully saturated rings. The minimum absolute atomic E-state index is 0. The van der Waals surface area contributed by atoms with E-state index in [4.69, 9.17) is 9.47 Å². The topological polar surface area (TPSA) is 85.6 Å². The highest BCUT2D eigenvalue weighted by Crippen LogP contribution is 2.32. The molecule has 2 aromatic rings. The highest BCUT2D eigenvalue weighted by molar-refractivity contribution is 14.0. The number of guanidine groups is 1. The zero-order valence-corrected chi connectivity index (χ0v) is 19.1. The Hall–Kier alpha value is -2.04. The van der Waals surface area contributed by atoms with E-state index < -0.39 is 0 Å². The van der Waals surface area contributed by atoms with Crippen molar-refractivity contribution >= 4 is 29.9 Å². The predicted octanol–water partition coefficient (Wildman–Crippen LogP) is 2.65. The quantitative estimate of drug-likeness (QED) is 0.268. The van der Waals surface area contributed by atoms with Gasteiger partial charge in [-0.25, -0.2) is 0 Å². The van der Waals surface area contributed by atoms with Crippen molar-refractivity contribution in [3.8, 4) is 11.5 Å². The van der Waals surface area contributed by atoms with Gasteiger partial charge in [-0.05, 0) is 37.0 Å². The summed E-state index contributed by atoms with van der Waals surface area (Å²) in [6, 6.07) is 5.97. The Balaban J connectivity index is 0.00000240. The highest BCUT2D eigenvalue weighted by Gasteiger charge is 2.15. The number of aromatic nitrogens is 3. The predicted molar refractivity (Wildman–Crippen MR) is 122 cm³/mol. The van der Waals surface area contributed by atoms with E-state index in [1.54, 1.807) is 7.05 Å². The van der Waals surface area contributed by atoms with Crippen molar-refractivity contribution in [1.82, 2.24) is 25.4 Å². The zero-order chi connectivity index (χ0) is 19.2. The van der Waals surface area contributed by atoms with Crippen molar-refractivity contribution in [2.45, 2.75) is 51.6 Å². The SMILES string of the molecule is CN=C(NCCCc1nnc2n1CCCCC2)NCc1ccc2c(c1)OCO2.I. The van der Waals surface area contributed by atoms with Gasteiger partial charge in [0.05, 0.1) is 0 Å². The smallest absolute Gasteiger partial charge is 0.231 e. The molecule has 1 aromatic heterocycles. The molecule has 0 amide bonds. The number of nitrogens with zero attached hydrogens (tertiary/aromatic N) is 4. The minimum Gasteiger partial charge on any atom is -0.454 e. The molecule has 1 aromatic carbocycles. The molecular formula is C20H29IN6O2. The van der Waals surface area contributed by atoms with Crippen molar-refractivity contribution in [3.63, 3.8) is 0 Å². The van der Waals surface area contributed by atoms with Gasteiger partial charge in [0.1, 0.15) is 11.6 Å². The minimum atomic E-state index is 0. The second kappa shape index (κ2) is 10.7. The van der Waals surface area contributed by atoms with E-state index in [9.17, 15) is 0 Å². The number of hydrogen-bond donors (Lipinski definition) is 2. The molecule has 4 rings (SSSR count). The van der Waals surface area contributed by atoms with Crippen LogP contribution in [0.25, 0.3) is 0 Å². The molecular weight excluding hydrogens is 483 g/mol. The number of aliphatic imine (C=N–C) groups is 1. The first-order valence-electron chi connectivity index (χ1n) is 10.1. The Morgan fingerprint density at radius 2 is 2.03 bits per heavy atom. The Labute approximate surface area is 188 Å². The lowest BCUT2D eigenvalue weighted by molar-refractivity contribution is 0.174.